The van der Waals surface area contributed by atoms with E-state index < -0.39 is 54.0 Å². The number of hydrogen-bond acceptors (Lipinski definition) is 21. The first-order valence-electron chi connectivity index (χ1n) is 31.8. The number of quaternary nitrogens is 3. The van der Waals surface area contributed by atoms with Crippen LogP contribution in [0.1, 0.15) is 182 Å². The topological polar surface area (TPSA) is 266 Å². The van der Waals surface area contributed by atoms with Crippen LogP contribution in [0.25, 0.3) is 0 Å². The lowest BCUT2D eigenvalue weighted by molar-refractivity contribution is -0.883. The van der Waals surface area contributed by atoms with Crippen LogP contribution in [0, 0.1) is 0 Å². The molecule has 0 bridgehead atoms. The molecule has 24 heteroatoms. The zero-order valence-corrected chi connectivity index (χ0v) is 55.4. The monoisotopic (exact) mass is 1250 g/mol. The van der Waals surface area contributed by atoms with Gasteiger partial charge in [-0.3, -0.25) is 38.5 Å². The third kappa shape index (κ3) is 54.4. The lowest BCUT2D eigenvalue weighted by Crippen LogP contribution is -2.48. The summed E-state index contributed by atoms with van der Waals surface area (Å²) >= 11 is 0. The molecule has 0 amide bonds. The Kier molecular flexibility index (Phi) is 46.3. The van der Waals surface area contributed by atoms with Crippen molar-refractivity contribution in [2.24, 2.45) is 0 Å². The predicted octanol–water partition coefficient (Wildman–Crippen LogP) is 6.76. The van der Waals surface area contributed by atoms with Crippen LogP contribution in [0.5, 0.6) is 0 Å². The second-order valence-corrected chi connectivity index (χ2v) is 24.7. The maximum Gasteiger partial charge on any atom is 0.362 e. The minimum atomic E-state index is -0.629. The van der Waals surface area contributed by atoms with Crippen LogP contribution >= 0.6 is 0 Å². The van der Waals surface area contributed by atoms with Gasteiger partial charge in [-0.1, -0.05) is 89.9 Å². The largest absolute Gasteiger partial charge is 0.466 e. The van der Waals surface area contributed by atoms with Gasteiger partial charge in [0.25, 0.3) is 0 Å². The maximum absolute atomic E-state index is 13.0. The Morgan fingerprint density at radius 2 is 0.621 bits per heavy atom. The van der Waals surface area contributed by atoms with E-state index in [-0.39, 0.29) is 97.2 Å². The first-order chi connectivity index (χ1) is 41.1. The normalized spacial score (nSPS) is 12.3. The minimum Gasteiger partial charge on any atom is -0.466 e. The number of ether oxygens (including phenoxy) is 10. The number of carbonyl (C=O) groups is 10. The summed E-state index contributed by atoms with van der Waals surface area (Å²) in [5.74, 6) is -3.74. The summed E-state index contributed by atoms with van der Waals surface area (Å²) in [6, 6.07) is 0. The first kappa shape index (κ1) is 81.5. The van der Waals surface area contributed by atoms with Gasteiger partial charge < -0.3 is 60.8 Å². The third-order valence-electron chi connectivity index (χ3n) is 14.2. The summed E-state index contributed by atoms with van der Waals surface area (Å²) in [7, 11) is 12.7. The molecule has 0 spiro atoms. The molecule has 0 aromatic carbocycles. The van der Waals surface area contributed by atoms with Crippen molar-refractivity contribution >= 4 is 59.7 Å². The van der Waals surface area contributed by atoms with Crippen LogP contribution in [0.3, 0.4) is 0 Å². The van der Waals surface area contributed by atoms with E-state index in [4.69, 9.17) is 47.4 Å². The number of esters is 10. The Bertz CT molecular complexity index is 1980. The van der Waals surface area contributed by atoms with E-state index in [2.05, 4.69) is 0 Å². The van der Waals surface area contributed by atoms with E-state index in [1.807, 2.05) is 42.3 Å². The first-order valence-corrected chi connectivity index (χ1v) is 31.8. The van der Waals surface area contributed by atoms with Crippen molar-refractivity contribution in [2.75, 3.05) is 155 Å². The molecule has 2 atom stereocenters. The molecule has 0 aliphatic rings. The Labute approximate surface area is 520 Å². The minimum absolute atomic E-state index is 0.0200. The van der Waals surface area contributed by atoms with E-state index >= 15 is 0 Å². The number of nitrogens with zero attached hydrogens (tertiary/aromatic N) is 4. The van der Waals surface area contributed by atoms with Gasteiger partial charge in [0.2, 0.25) is 0 Å². The molecule has 0 aromatic heterocycles. The molecular formula is C63H115N4O20+3. The highest BCUT2D eigenvalue weighted by molar-refractivity contribution is 5.73. The van der Waals surface area contributed by atoms with Crippen LogP contribution in [0.2, 0.25) is 0 Å². The van der Waals surface area contributed by atoms with Crippen LogP contribution < -0.4 is 0 Å². The van der Waals surface area contributed by atoms with Gasteiger partial charge in [-0.15, -0.1) is 0 Å². The zero-order valence-electron chi connectivity index (χ0n) is 55.4. The van der Waals surface area contributed by atoms with Crippen molar-refractivity contribution in [1.29, 1.82) is 0 Å². The smallest absolute Gasteiger partial charge is 0.362 e. The van der Waals surface area contributed by atoms with Crippen LogP contribution in [0.4, 0.5) is 0 Å². The SMILES string of the molecule is CC(=O)OCCN(C)CC(=O)OCC(CCCCCCCCC(=O)OCCCCCCCCCCOC(=O)CCCCCCCCC(COC(=O)C[N+](C)(C)CCOC(C)=O)OC(=O)C[N+](C)(C)CCOC(C)=O)OC(=O)C[N+](C)(C)CCOC(C)=O. The Morgan fingerprint density at radius 3 is 0.977 bits per heavy atom. The highest BCUT2D eigenvalue weighted by atomic mass is 16.6. The average molecular weight is 1250 g/mol. The van der Waals surface area contributed by atoms with Gasteiger partial charge in [-0.25, -0.2) is 14.4 Å². The van der Waals surface area contributed by atoms with E-state index in [1.165, 1.54) is 27.7 Å². The number of rotatable bonds is 55. The molecule has 0 aliphatic carbocycles. The van der Waals surface area contributed by atoms with Crippen molar-refractivity contribution in [2.45, 2.75) is 194 Å². The molecule has 0 aromatic rings. The summed E-state index contributed by atoms with van der Waals surface area (Å²) in [6.45, 7) is 8.42. The van der Waals surface area contributed by atoms with Gasteiger partial charge in [0, 0.05) is 47.1 Å². The van der Waals surface area contributed by atoms with Gasteiger partial charge in [0.05, 0.1) is 62.0 Å². The highest BCUT2D eigenvalue weighted by Gasteiger charge is 2.28. The predicted molar refractivity (Wildman–Crippen MR) is 324 cm³/mol. The van der Waals surface area contributed by atoms with Gasteiger partial charge in [-0.05, 0) is 58.4 Å². The number of carbonyl (C=O) groups excluding carboxylic acids is 10. The summed E-state index contributed by atoms with van der Waals surface area (Å²) in [5.41, 5.74) is 0. The molecule has 2 unspecified atom stereocenters. The summed E-state index contributed by atoms with van der Waals surface area (Å²) in [6.07, 6.45) is 18.9. The number of hydrogen-bond donors (Lipinski definition) is 0. The fraction of sp³-hybridized carbons (Fsp3) is 0.841. The zero-order chi connectivity index (χ0) is 65.4. The Morgan fingerprint density at radius 1 is 0.322 bits per heavy atom. The van der Waals surface area contributed by atoms with E-state index in [1.54, 1.807) is 11.9 Å². The molecule has 504 valence electrons. The maximum atomic E-state index is 13.0. The highest BCUT2D eigenvalue weighted by Crippen LogP contribution is 2.17. The van der Waals surface area contributed by atoms with Crippen molar-refractivity contribution in [1.82, 2.24) is 4.90 Å². The van der Waals surface area contributed by atoms with Crippen molar-refractivity contribution in [3.8, 4) is 0 Å². The van der Waals surface area contributed by atoms with Crippen LogP contribution in [0.15, 0.2) is 0 Å². The Hall–Kier alpha value is -5.46. The van der Waals surface area contributed by atoms with Gasteiger partial charge in [0.1, 0.15) is 71.5 Å². The summed E-state index contributed by atoms with van der Waals surface area (Å²) in [4.78, 5) is 122. The molecule has 0 N–H and O–H groups in total. The van der Waals surface area contributed by atoms with Crippen LogP contribution in [-0.2, 0) is 95.3 Å². The van der Waals surface area contributed by atoms with Gasteiger partial charge in [-0.2, -0.15) is 0 Å². The summed E-state index contributed by atoms with van der Waals surface area (Å²) < 4.78 is 54.4. The van der Waals surface area contributed by atoms with E-state index in [0.29, 0.717) is 65.1 Å². The molecule has 0 rings (SSSR count). The molecule has 87 heavy (non-hydrogen) atoms. The molecule has 0 saturated heterocycles. The van der Waals surface area contributed by atoms with Gasteiger partial charge >= 0.3 is 59.7 Å². The number of unbranched alkanes of at least 4 members (excludes halogenated alkanes) is 17. The second-order valence-electron chi connectivity index (χ2n) is 24.7. The fourth-order valence-electron chi connectivity index (χ4n) is 8.98. The average Bonchev–Trinajstić information content (AvgIpc) is 3.56. The molecule has 0 heterocycles. The Balaban J connectivity index is 4.28. The molecule has 0 aliphatic heterocycles. The van der Waals surface area contributed by atoms with Crippen LogP contribution in [-0.4, -0.2) is 245 Å². The fourth-order valence-corrected chi connectivity index (χ4v) is 8.98. The lowest BCUT2D eigenvalue weighted by atomic mass is 10.1. The van der Waals surface area contributed by atoms with Gasteiger partial charge in [0.15, 0.2) is 19.6 Å². The standard InChI is InChI=1S/C63H115N4O20/c1-52(68)78-42-36-64(5)46-60(74)84-50-56(86-62(76)48-66(8,9)38-44-80-54(3)70)32-26-20-14-16-22-28-34-58(72)82-40-30-24-18-12-13-19-25-31-41-83-59(73)35-29-23-17-15-21-27-33-57(87-63(77)49-67(10,11)39-45-81-55(4)71)51-85-61(75)47-65(6,7)37-43-79-53(2)69/h56-57H,12-51H2,1-11H3/q+3. The second kappa shape index (κ2) is 49.4. The van der Waals surface area contributed by atoms with Crippen molar-refractivity contribution in [3.05, 3.63) is 0 Å². The quantitative estimate of drug-likeness (QED) is 0.0263. The van der Waals surface area contributed by atoms with Crippen molar-refractivity contribution < 1.29 is 109 Å². The molecule has 24 nitrogen and oxygen atoms in total. The van der Waals surface area contributed by atoms with E-state index in [0.717, 1.165) is 128 Å². The molecular weight excluding hydrogens is 1130 g/mol. The third-order valence-corrected chi connectivity index (χ3v) is 14.2. The lowest BCUT2D eigenvalue weighted by Gasteiger charge is -2.29. The molecule has 0 saturated carbocycles. The molecule has 0 radical (unpaired) electrons. The molecule has 0 fully saturated rings. The summed E-state index contributed by atoms with van der Waals surface area (Å²) in [5, 5.41) is 0. The van der Waals surface area contributed by atoms with E-state index in [9.17, 15) is 47.9 Å². The van der Waals surface area contributed by atoms with Crippen molar-refractivity contribution in [3.63, 3.8) is 0 Å². The number of likely N-dealkylation sites (N-methyl/N-ethyl adjacent to an activating group) is 4.